The fraction of sp³-hybridized carbons (Fsp3) is 0.524. The molecule has 0 atom stereocenters. The van der Waals surface area contributed by atoms with Crippen molar-refractivity contribution >= 4 is 18.1 Å². The van der Waals surface area contributed by atoms with Crippen molar-refractivity contribution in [1.82, 2.24) is 9.78 Å². The molecule has 2 heterocycles. The van der Waals surface area contributed by atoms with Gasteiger partial charge in [0.15, 0.2) is 0 Å². The summed E-state index contributed by atoms with van der Waals surface area (Å²) in [6, 6.07) is 5.04. The molecule has 0 unspecified atom stereocenters. The lowest BCUT2D eigenvalue weighted by Crippen LogP contribution is -2.38. The summed E-state index contributed by atoms with van der Waals surface area (Å²) in [5.41, 5.74) is 3.86. The smallest absolute Gasteiger partial charge is 0.290 e. The van der Waals surface area contributed by atoms with Crippen molar-refractivity contribution in [2.45, 2.75) is 53.5 Å². The van der Waals surface area contributed by atoms with E-state index < -0.39 is 0 Å². The summed E-state index contributed by atoms with van der Waals surface area (Å²) >= 11 is 0. The molecule has 0 bridgehead atoms. The molecule has 2 aromatic rings. The molecular weight excluding hydrogens is 365 g/mol. The number of nitrogens with zero attached hydrogens (tertiary/aromatic N) is 3. The van der Waals surface area contributed by atoms with Gasteiger partial charge in [-0.15, -0.1) is 12.4 Å². The zero-order valence-electron chi connectivity index (χ0n) is 16.6. The predicted molar refractivity (Wildman–Crippen MR) is 112 cm³/mol. The summed E-state index contributed by atoms with van der Waals surface area (Å²) in [5, 5.41) is 4.66. The predicted octanol–water partition coefficient (Wildman–Crippen LogP) is 4.73. The summed E-state index contributed by atoms with van der Waals surface area (Å²) in [5.74, 6) is 0.0954. The van der Waals surface area contributed by atoms with Crippen LogP contribution < -0.4 is 10.5 Å². The quantitative estimate of drug-likeness (QED) is 0.753. The number of rotatable bonds is 4. The number of anilines is 1. The molecule has 1 aromatic heterocycles. The largest absolute Gasteiger partial charge is 0.367 e. The third-order valence-electron chi connectivity index (χ3n) is 5.01. The Hall–Kier alpha value is -1.88. The number of aryl methyl sites for hydroxylation is 1. The van der Waals surface area contributed by atoms with E-state index in [1.165, 1.54) is 12.5 Å². The van der Waals surface area contributed by atoms with Gasteiger partial charge in [-0.25, -0.2) is 9.07 Å². The molecule has 0 aliphatic carbocycles. The van der Waals surface area contributed by atoms with Gasteiger partial charge in [-0.2, -0.15) is 5.10 Å². The molecule has 3 rings (SSSR count). The molecular formula is C21H29ClFN3O. The lowest BCUT2D eigenvalue weighted by atomic mass is 10.0. The van der Waals surface area contributed by atoms with E-state index in [9.17, 15) is 9.18 Å². The molecule has 1 fully saturated rings. The molecule has 1 saturated heterocycles. The molecule has 1 aliphatic heterocycles. The zero-order chi connectivity index (χ0) is 18.8. The molecule has 27 heavy (non-hydrogen) atoms. The van der Waals surface area contributed by atoms with Gasteiger partial charge in [-0.3, -0.25) is 4.79 Å². The molecule has 6 heteroatoms. The third kappa shape index (κ3) is 4.52. The maximum Gasteiger partial charge on any atom is 0.290 e. The van der Waals surface area contributed by atoms with Crippen LogP contribution in [0.1, 0.15) is 44.2 Å². The van der Waals surface area contributed by atoms with Crippen LogP contribution in [0.5, 0.6) is 0 Å². The summed E-state index contributed by atoms with van der Waals surface area (Å²) in [7, 11) is 0. The van der Waals surface area contributed by atoms with Crippen molar-refractivity contribution in [3.63, 3.8) is 0 Å². The van der Waals surface area contributed by atoms with E-state index in [0.717, 1.165) is 48.4 Å². The van der Waals surface area contributed by atoms with Gasteiger partial charge in [-0.1, -0.05) is 13.8 Å². The average Bonchev–Trinajstić information content (AvgIpc) is 2.61. The first-order valence-corrected chi connectivity index (χ1v) is 9.51. The molecule has 0 N–H and O–H groups in total. The molecule has 4 nitrogen and oxygen atoms in total. The van der Waals surface area contributed by atoms with Crippen LogP contribution in [0.15, 0.2) is 23.0 Å². The van der Waals surface area contributed by atoms with E-state index >= 15 is 0 Å². The van der Waals surface area contributed by atoms with Gasteiger partial charge in [-0.05, 0) is 62.8 Å². The minimum atomic E-state index is -0.224. The van der Waals surface area contributed by atoms with Gasteiger partial charge in [0.05, 0.1) is 5.69 Å². The number of hydrogen-bond acceptors (Lipinski definition) is 3. The normalized spacial score (nSPS) is 14.4. The highest BCUT2D eigenvalue weighted by Crippen LogP contribution is 2.29. The average molecular weight is 394 g/mol. The topological polar surface area (TPSA) is 38.1 Å². The lowest BCUT2D eigenvalue weighted by molar-refractivity contribution is 0.462. The van der Waals surface area contributed by atoms with E-state index in [4.69, 9.17) is 0 Å². The number of hydrogen-bond donors (Lipinski definition) is 0. The van der Waals surface area contributed by atoms with E-state index in [0.29, 0.717) is 18.0 Å². The van der Waals surface area contributed by atoms with Crippen molar-refractivity contribution in [3.05, 3.63) is 45.5 Å². The van der Waals surface area contributed by atoms with Crippen LogP contribution in [-0.4, -0.2) is 22.9 Å². The van der Waals surface area contributed by atoms with Crippen LogP contribution in [0.3, 0.4) is 0 Å². The Kier molecular flexibility index (Phi) is 7.04. The van der Waals surface area contributed by atoms with Crippen LogP contribution in [0, 0.1) is 25.6 Å². The van der Waals surface area contributed by atoms with Gasteiger partial charge in [0.2, 0.25) is 0 Å². The Morgan fingerprint density at radius 1 is 1.15 bits per heavy atom. The van der Waals surface area contributed by atoms with Gasteiger partial charge in [0.1, 0.15) is 11.5 Å². The van der Waals surface area contributed by atoms with Gasteiger partial charge in [0, 0.05) is 30.8 Å². The van der Waals surface area contributed by atoms with E-state index in [1.54, 1.807) is 17.7 Å². The maximum atomic E-state index is 13.7. The highest BCUT2D eigenvalue weighted by molar-refractivity contribution is 5.85. The minimum absolute atomic E-state index is 0. The number of aromatic nitrogens is 2. The summed E-state index contributed by atoms with van der Waals surface area (Å²) in [6.45, 7) is 10.3. The van der Waals surface area contributed by atoms with Crippen molar-refractivity contribution < 1.29 is 4.39 Å². The van der Waals surface area contributed by atoms with Gasteiger partial charge >= 0.3 is 0 Å². The standard InChI is InChI=1S/C21H28FN3O.ClH/c1-14(2)13-25-21(26)20(24-10-6-5-7-11-24)16(4)19(23-25)17-8-9-18(22)15(3)12-17;/h8-9,12,14H,5-7,10-11,13H2,1-4H3;1H. The van der Waals surface area contributed by atoms with Crippen LogP contribution in [0.4, 0.5) is 10.1 Å². The Morgan fingerprint density at radius 2 is 1.81 bits per heavy atom. The number of piperidine rings is 1. The van der Waals surface area contributed by atoms with Crippen LogP contribution >= 0.6 is 12.4 Å². The Bertz CT molecular complexity index is 857. The molecule has 0 amide bonds. The molecule has 0 radical (unpaired) electrons. The SMILES string of the molecule is Cc1cc(-c2nn(CC(C)C)c(=O)c(N3CCCCC3)c2C)ccc1F.Cl. The van der Waals surface area contributed by atoms with Crippen LogP contribution in [0.25, 0.3) is 11.3 Å². The van der Waals surface area contributed by atoms with E-state index in [1.807, 2.05) is 13.0 Å². The first kappa shape index (κ1) is 21.4. The minimum Gasteiger partial charge on any atom is -0.367 e. The van der Waals surface area contributed by atoms with E-state index in [-0.39, 0.29) is 23.8 Å². The molecule has 1 aromatic carbocycles. The summed E-state index contributed by atoms with van der Waals surface area (Å²) in [4.78, 5) is 15.3. The second kappa shape index (κ2) is 8.87. The van der Waals surface area contributed by atoms with Crippen LogP contribution in [-0.2, 0) is 6.54 Å². The number of halogens is 2. The second-order valence-corrected chi connectivity index (χ2v) is 7.71. The Labute approximate surface area is 166 Å². The maximum absolute atomic E-state index is 13.7. The molecule has 0 spiro atoms. The monoisotopic (exact) mass is 393 g/mol. The molecule has 1 aliphatic rings. The Morgan fingerprint density at radius 3 is 2.41 bits per heavy atom. The third-order valence-corrected chi connectivity index (χ3v) is 5.01. The van der Waals surface area contributed by atoms with Crippen molar-refractivity contribution in [3.8, 4) is 11.3 Å². The number of benzene rings is 1. The molecule has 0 saturated carbocycles. The lowest BCUT2D eigenvalue weighted by Gasteiger charge is -2.30. The zero-order valence-corrected chi connectivity index (χ0v) is 17.4. The van der Waals surface area contributed by atoms with Crippen molar-refractivity contribution in [2.24, 2.45) is 5.92 Å². The fourth-order valence-electron chi connectivity index (χ4n) is 3.66. The van der Waals surface area contributed by atoms with Gasteiger partial charge < -0.3 is 4.90 Å². The highest BCUT2D eigenvalue weighted by atomic mass is 35.5. The fourth-order valence-corrected chi connectivity index (χ4v) is 3.66. The second-order valence-electron chi connectivity index (χ2n) is 7.71. The van der Waals surface area contributed by atoms with Crippen molar-refractivity contribution in [2.75, 3.05) is 18.0 Å². The first-order chi connectivity index (χ1) is 12.4. The highest BCUT2D eigenvalue weighted by Gasteiger charge is 2.22. The van der Waals surface area contributed by atoms with E-state index in [2.05, 4.69) is 23.8 Å². The Balaban J connectivity index is 0.00000261. The summed E-state index contributed by atoms with van der Waals surface area (Å²) < 4.78 is 15.3. The summed E-state index contributed by atoms with van der Waals surface area (Å²) in [6.07, 6.45) is 3.43. The van der Waals surface area contributed by atoms with Crippen molar-refractivity contribution in [1.29, 1.82) is 0 Å². The van der Waals surface area contributed by atoms with Crippen LogP contribution in [0.2, 0.25) is 0 Å². The first-order valence-electron chi connectivity index (χ1n) is 9.51. The van der Waals surface area contributed by atoms with Gasteiger partial charge in [0.25, 0.3) is 5.56 Å². The molecule has 148 valence electrons.